The van der Waals surface area contributed by atoms with Crippen LogP contribution in [0.3, 0.4) is 0 Å². The molecule has 0 aliphatic rings. The van der Waals surface area contributed by atoms with Gasteiger partial charge in [0.2, 0.25) is 10.6 Å². The summed E-state index contributed by atoms with van der Waals surface area (Å²) in [6.07, 6.45) is 5.19. The maximum absolute atomic E-state index is 5.33. The first-order chi connectivity index (χ1) is 10.7. The van der Waals surface area contributed by atoms with Crippen LogP contribution in [0.25, 0.3) is 17.7 Å². The lowest BCUT2D eigenvalue weighted by atomic mass is 10.2. The fourth-order valence-corrected chi connectivity index (χ4v) is 2.36. The topological polar surface area (TPSA) is 59.1 Å². The zero-order chi connectivity index (χ0) is 15.4. The van der Waals surface area contributed by atoms with Crippen molar-refractivity contribution < 1.29 is 4.42 Å². The first kappa shape index (κ1) is 14.7. The minimum absolute atomic E-state index is 0.391. The lowest BCUT2D eigenvalue weighted by molar-refractivity contribution is 0.573. The van der Waals surface area contributed by atoms with E-state index in [-0.39, 0.29) is 0 Å². The van der Waals surface area contributed by atoms with Crippen LogP contribution >= 0.6 is 28.1 Å². The van der Waals surface area contributed by atoms with Crippen molar-refractivity contribution in [1.82, 2.24) is 14.9 Å². The molecule has 0 atom stereocenters. The van der Waals surface area contributed by atoms with Crippen molar-refractivity contribution in [2.75, 3.05) is 0 Å². The molecular weight excluding hydrogens is 364 g/mol. The van der Waals surface area contributed by atoms with Gasteiger partial charge in [0, 0.05) is 4.48 Å². The quantitative estimate of drug-likeness (QED) is 0.541. The van der Waals surface area contributed by atoms with Crippen molar-refractivity contribution in [3.05, 3.63) is 63.5 Å². The third-order valence-corrected chi connectivity index (χ3v) is 3.49. The highest BCUT2D eigenvalue weighted by atomic mass is 79.9. The molecule has 0 aliphatic carbocycles. The Hall–Kier alpha value is -2.25. The number of benzene rings is 1. The summed E-state index contributed by atoms with van der Waals surface area (Å²) in [4.78, 5) is 0. The smallest absolute Gasteiger partial charge is 0.219 e. The number of H-pyrrole nitrogens is 1. The molecule has 110 valence electrons. The van der Waals surface area contributed by atoms with E-state index in [4.69, 9.17) is 16.6 Å². The number of nitrogens with one attached hydrogen (secondary N) is 1. The summed E-state index contributed by atoms with van der Waals surface area (Å²) in [5.74, 6) is 1.11. The Morgan fingerprint density at radius 2 is 2.09 bits per heavy atom. The number of allylic oxidation sites excluding steroid dienone is 1. The lowest BCUT2D eigenvalue weighted by Crippen LogP contribution is -1.93. The molecule has 0 amide bonds. The van der Waals surface area contributed by atoms with Crippen molar-refractivity contribution in [2.45, 2.75) is 0 Å². The van der Waals surface area contributed by atoms with E-state index in [0.29, 0.717) is 16.4 Å². The number of nitrogens with zero attached hydrogens (tertiary/aromatic N) is 3. The number of hydrogen-bond acceptors (Lipinski definition) is 4. The summed E-state index contributed by atoms with van der Waals surface area (Å²) < 4.78 is 8.04. The fraction of sp³-hybridized carbons (Fsp3) is 0. The number of aromatic amines is 1. The van der Waals surface area contributed by atoms with Crippen LogP contribution in [0.1, 0.15) is 5.56 Å². The van der Waals surface area contributed by atoms with Crippen molar-refractivity contribution >= 4 is 40.4 Å². The number of rotatable bonds is 4. The summed E-state index contributed by atoms with van der Waals surface area (Å²) in [5.41, 5.74) is 1.07. The molecule has 2 aromatic heterocycles. The van der Waals surface area contributed by atoms with E-state index in [9.17, 15) is 0 Å². The predicted octanol–water partition coefficient (Wildman–Crippen LogP) is 4.47. The average Bonchev–Trinajstić information content (AvgIpc) is 3.16. The molecule has 0 aliphatic heterocycles. The minimum Gasteiger partial charge on any atom is -0.461 e. The fourth-order valence-electron chi connectivity index (χ4n) is 1.82. The van der Waals surface area contributed by atoms with Gasteiger partial charge < -0.3 is 4.42 Å². The zero-order valence-electron chi connectivity index (χ0n) is 11.3. The van der Waals surface area contributed by atoms with E-state index >= 15 is 0 Å². The van der Waals surface area contributed by atoms with E-state index in [1.165, 1.54) is 4.68 Å². The number of halogens is 1. The third kappa shape index (κ3) is 3.32. The van der Waals surface area contributed by atoms with Gasteiger partial charge in [-0.1, -0.05) is 30.3 Å². The van der Waals surface area contributed by atoms with Crippen LogP contribution in [0.15, 0.2) is 62.7 Å². The number of aromatic nitrogens is 3. The van der Waals surface area contributed by atoms with Crippen LogP contribution in [0, 0.1) is 4.77 Å². The Labute approximate surface area is 140 Å². The average molecular weight is 375 g/mol. The molecule has 0 radical (unpaired) electrons. The van der Waals surface area contributed by atoms with E-state index in [1.54, 1.807) is 24.6 Å². The van der Waals surface area contributed by atoms with Crippen molar-refractivity contribution in [3.63, 3.8) is 0 Å². The molecule has 0 spiro atoms. The second-order valence-electron chi connectivity index (χ2n) is 4.33. The first-order valence-corrected chi connectivity index (χ1v) is 7.62. The standard InChI is InChI=1S/C15H11BrN4OS/c16-12(9-11-5-2-1-3-6-11)10-17-20-14(18-19-15(20)22)13-7-4-8-21-13/h1-10H,(H,19,22)/b12-9-,17-10-. The van der Waals surface area contributed by atoms with E-state index in [0.717, 1.165) is 10.0 Å². The molecule has 0 unspecified atom stereocenters. The Balaban J connectivity index is 1.89. The number of hydrogen-bond donors (Lipinski definition) is 1. The Morgan fingerprint density at radius 3 is 2.82 bits per heavy atom. The summed E-state index contributed by atoms with van der Waals surface area (Å²) >= 11 is 8.65. The molecule has 7 heteroatoms. The Morgan fingerprint density at radius 1 is 1.27 bits per heavy atom. The van der Waals surface area contributed by atoms with Gasteiger partial charge in [-0.3, -0.25) is 0 Å². The zero-order valence-corrected chi connectivity index (χ0v) is 13.7. The molecule has 3 aromatic rings. The maximum atomic E-state index is 5.33. The van der Waals surface area contributed by atoms with Gasteiger partial charge >= 0.3 is 0 Å². The molecule has 1 aromatic carbocycles. The SMILES string of the molecule is S=c1[nH]nc(-c2ccco2)n1/N=C\C(Br)=C\c1ccccc1. The van der Waals surface area contributed by atoms with Crippen LogP contribution in [0.2, 0.25) is 0 Å². The first-order valence-electron chi connectivity index (χ1n) is 6.42. The molecule has 0 saturated heterocycles. The molecule has 3 rings (SSSR count). The van der Waals surface area contributed by atoms with Crippen LogP contribution in [-0.4, -0.2) is 21.1 Å². The summed E-state index contributed by atoms with van der Waals surface area (Å²) in [5, 5.41) is 11.2. The molecule has 5 nitrogen and oxygen atoms in total. The number of furan rings is 1. The van der Waals surface area contributed by atoms with Crippen LogP contribution < -0.4 is 0 Å². The second kappa shape index (κ2) is 6.67. The highest BCUT2D eigenvalue weighted by Crippen LogP contribution is 2.17. The third-order valence-electron chi connectivity index (χ3n) is 2.79. The molecule has 22 heavy (non-hydrogen) atoms. The molecule has 0 fully saturated rings. The van der Waals surface area contributed by atoms with Gasteiger partial charge in [0.25, 0.3) is 0 Å². The van der Waals surface area contributed by atoms with E-state index in [1.807, 2.05) is 36.4 Å². The van der Waals surface area contributed by atoms with Crippen LogP contribution in [0.5, 0.6) is 0 Å². The summed E-state index contributed by atoms with van der Waals surface area (Å²) in [6.45, 7) is 0. The highest BCUT2D eigenvalue weighted by molar-refractivity contribution is 9.12. The summed E-state index contributed by atoms with van der Waals surface area (Å²) in [7, 11) is 0. The van der Waals surface area contributed by atoms with Gasteiger partial charge in [-0.05, 0) is 51.9 Å². The summed E-state index contributed by atoms with van der Waals surface area (Å²) in [6, 6.07) is 13.5. The molecule has 1 N–H and O–H groups in total. The highest BCUT2D eigenvalue weighted by Gasteiger charge is 2.10. The largest absolute Gasteiger partial charge is 0.461 e. The molecular formula is C15H11BrN4OS. The molecule has 2 heterocycles. The van der Waals surface area contributed by atoms with Crippen molar-refractivity contribution in [1.29, 1.82) is 0 Å². The van der Waals surface area contributed by atoms with Gasteiger partial charge in [-0.2, -0.15) is 9.78 Å². The van der Waals surface area contributed by atoms with E-state index in [2.05, 4.69) is 31.2 Å². The Bertz CT molecular complexity index is 863. The van der Waals surface area contributed by atoms with Crippen molar-refractivity contribution in [3.8, 4) is 11.6 Å². The minimum atomic E-state index is 0.391. The van der Waals surface area contributed by atoms with Crippen LogP contribution in [0.4, 0.5) is 0 Å². The normalized spacial score (nSPS) is 12.1. The van der Waals surface area contributed by atoms with E-state index < -0.39 is 0 Å². The second-order valence-corrected chi connectivity index (χ2v) is 5.63. The monoisotopic (exact) mass is 374 g/mol. The Kier molecular flexibility index (Phi) is 4.45. The van der Waals surface area contributed by atoms with Gasteiger partial charge in [-0.25, -0.2) is 5.10 Å². The molecule has 0 bridgehead atoms. The lowest BCUT2D eigenvalue weighted by Gasteiger charge is -1.97. The van der Waals surface area contributed by atoms with Gasteiger partial charge in [0.05, 0.1) is 12.5 Å². The molecule has 0 saturated carbocycles. The predicted molar refractivity (Wildman–Crippen MR) is 92.3 cm³/mol. The van der Waals surface area contributed by atoms with Gasteiger partial charge in [0.1, 0.15) is 0 Å². The van der Waals surface area contributed by atoms with Crippen molar-refractivity contribution in [2.24, 2.45) is 5.10 Å². The van der Waals surface area contributed by atoms with Gasteiger partial charge in [0.15, 0.2) is 5.76 Å². The maximum Gasteiger partial charge on any atom is 0.219 e. The van der Waals surface area contributed by atoms with Crippen LogP contribution in [-0.2, 0) is 0 Å². The van der Waals surface area contributed by atoms with Gasteiger partial charge in [-0.15, -0.1) is 5.10 Å².